The monoisotopic (exact) mass is 166 g/mol. The molecule has 0 atom stereocenters. The average Bonchev–Trinajstić information content (AvgIpc) is 1.56. The molecule has 0 aromatic heterocycles. The van der Waals surface area contributed by atoms with E-state index in [0.29, 0.717) is 25.6 Å². The smallest absolute Gasteiger partial charge is 0.264 e. The third-order valence-corrected chi connectivity index (χ3v) is 2.24. The van der Waals surface area contributed by atoms with E-state index in [1.807, 2.05) is 0 Å². The number of hydrogen-bond donors (Lipinski definition) is 1. The molecule has 0 bridgehead atoms. The summed E-state index contributed by atoms with van der Waals surface area (Å²) >= 11 is 0. The molecular weight excluding hydrogens is 156 g/mol. The number of ether oxygens (including phenoxy) is 1. The summed E-state index contributed by atoms with van der Waals surface area (Å²) in [4.78, 5) is 0. The lowest BCUT2D eigenvalue weighted by Gasteiger charge is -2.24. The first-order chi connectivity index (χ1) is 4.58. The predicted octanol–water partition coefficient (Wildman–Crippen LogP) is -0.0893. The van der Waals surface area contributed by atoms with E-state index < -0.39 is 10.1 Å². The van der Waals surface area contributed by atoms with Gasteiger partial charge in [0.25, 0.3) is 10.1 Å². The molecule has 10 heavy (non-hydrogen) atoms. The van der Waals surface area contributed by atoms with Gasteiger partial charge >= 0.3 is 0 Å². The van der Waals surface area contributed by atoms with Crippen molar-refractivity contribution in [2.45, 2.75) is 6.42 Å². The Balaban J connectivity index is 2.16. The van der Waals surface area contributed by atoms with Crippen LogP contribution in [0.15, 0.2) is 0 Å². The largest absolute Gasteiger partial charge is 0.381 e. The molecule has 1 N–H and O–H groups in total. The fraction of sp³-hybridized carbons (Fsp3) is 1.00. The van der Waals surface area contributed by atoms with Gasteiger partial charge < -0.3 is 4.74 Å². The van der Waals surface area contributed by atoms with E-state index in [0.717, 1.165) is 0 Å². The summed E-state index contributed by atoms with van der Waals surface area (Å²) in [6, 6.07) is 0. The first-order valence-electron chi connectivity index (χ1n) is 3.11. The molecule has 4 nitrogen and oxygen atoms in total. The highest BCUT2D eigenvalue weighted by molar-refractivity contribution is 7.85. The van der Waals surface area contributed by atoms with Gasteiger partial charge in [0, 0.05) is 5.92 Å². The average molecular weight is 166 g/mol. The van der Waals surface area contributed by atoms with Crippen molar-refractivity contribution in [2.75, 3.05) is 19.0 Å². The van der Waals surface area contributed by atoms with Crippen LogP contribution >= 0.6 is 0 Å². The fourth-order valence-corrected chi connectivity index (χ4v) is 1.40. The van der Waals surface area contributed by atoms with Gasteiger partial charge in [-0.2, -0.15) is 8.42 Å². The first kappa shape index (κ1) is 7.97. The van der Waals surface area contributed by atoms with E-state index in [9.17, 15) is 8.42 Å². The van der Waals surface area contributed by atoms with Crippen molar-refractivity contribution >= 4 is 10.1 Å². The molecule has 1 aliphatic rings. The standard InChI is InChI=1S/C5H10O4S/c6-10(7,8)2-1-5-3-9-4-5/h5H,1-4H2,(H,6,7,8). The molecule has 0 aromatic carbocycles. The molecule has 1 aliphatic heterocycles. The Labute approximate surface area is 59.9 Å². The van der Waals surface area contributed by atoms with Gasteiger partial charge in [-0.15, -0.1) is 0 Å². The lowest BCUT2D eigenvalue weighted by atomic mass is 10.1. The molecule has 1 rings (SSSR count). The molecular formula is C5H10O4S. The molecule has 0 amide bonds. The predicted molar refractivity (Wildman–Crippen MR) is 35.3 cm³/mol. The van der Waals surface area contributed by atoms with Gasteiger partial charge in [0.1, 0.15) is 0 Å². The molecule has 0 spiro atoms. The number of rotatable bonds is 3. The van der Waals surface area contributed by atoms with Gasteiger partial charge in [0.05, 0.1) is 19.0 Å². The SMILES string of the molecule is O=S(=O)(O)CCC1COC1. The summed E-state index contributed by atoms with van der Waals surface area (Å²) in [6.45, 7) is 1.27. The second kappa shape index (κ2) is 2.86. The minimum atomic E-state index is -3.75. The van der Waals surface area contributed by atoms with E-state index in [-0.39, 0.29) is 5.75 Å². The zero-order valence-electron chi connectivity index (χ0n) is 5.49. The molecule has 0 radical (unpaired) electrons. The van der Waals surface area contributed by atoms with Crippen molar-refractivity contribution in [3.63, 3.8) is 0 Å². The molecule has 0 unspecified atom stereocenters. The molecule has 0 aliphatic carbocycles. The third kappa shape index (κ3) is 2.64. The van der Waals surface area contributed by atoms with Gasteiger partial charge in [0.15, 0.2) is 0 Å². The maximum atomic E-state index is 10.2. The minimum Gasteiger partial charge on any atom is -0.381 e. The summed E-state index contributed by atoms with van der Waals surface area (Å²) in [5.74, 6) is 0.197. The first-order valence-corrected chi connectivity index (χ1v) is 4.72. The molecule has 1 saturated heterocycles. The Kier molecular flexibility index (Phi) is 2.28. The Hall–Kier alpha value is -0.130. The highest BCUT2D eigenvalue weighted by Gasteiger charge is 2.20. The summed E-state index contributed by atoms with van der Waals surface area (Å²) in [5.41, 5.74) is 0. The molecule has 1 fully saturated rings. The topological polar surface area (TPSA) is 63.6 Å². The van der Waals surface area contributed by atoms with Crippen LogP contribution in [0, 0.1) is 5.92 Å². The Morgan fingerprint density at radius 3 is 2.40 bits per heavy atom. The molecule has 60 valence electrons. The maximum absolute atomic E-state index is 10.2. The van der Waals surface area contributed by atoms with Crippen LogP contribution in [0.5, 0.6) is 0 Å². The summed E-state index contributed by atoms with van der Waals surface area (Å²) in [5, 5.41) is 0. The highest BCUT2D eigenvalue weighted by atomic mass is 32.2. The van der Waals surface area contributed by atoms with E-state index >= 15 is 0 Å². The van der Waals surface area contributed by atoms with Crippen LogP contribution < -0.4 is 0 Å². The van der Waals surface area contributed by atoms with Crippen LogP contribution in [0.25, 0.3) is 0 Å². The molecule has 5 heteroatoms. The molecule has 1 heterocycles. The van der Waals surface area contributed by atoms with Crippen LogP contribution in [0.3, 0.4) is 0 Å². The van der Waals surface area contributed by atoms with Crippen molar-refractivity contribution < 1.29 is 17.7 Å². The van der Waals surface area contributed by atoms with Crippen LogP contribution in [-0.2, 0) is 14.9 Å². The second-order valence-corrected chi connectivity index (χ2v) is 4.05. The summed E-state index contributed by atoms with van der Waals surface area (Å²) in [6.07, 6.45) is 0.513. The Bertz CT molecular complexity index is 192. The maximum Gasteiger partial charge on any atom is 0.264 e. The van der Waals surface area contributed by atoms with Crippen molar-refractivity contribution in [1.82, 2.24) is 0 Å². The van der Waals surface area contributed by atoms with E-state index in [1.165, 1.54) is 0 Å². The summed E-state index contributed by atoms with van der Waals surface area (Å²) < 4.78 is 33.5. The quantitative estimate of drug-likeness (QED) is 0.595. The van der Waals surface area contributed by atoms with E-state index in [2.05, 4.69) is 0 Å². The van der Waals surface area contributed by atoms with Gasteiger partial charge in [0.2, 0.25) is 0 Å². The van der Waals surface area contributed by atoms with Crippen molar-refractivity contribution in [2.24, 2.45) is 5.92 Å². The summed E-state index contributed by atoms with van der Waals surface area (Å²) in [7, 11) is -3.75. The highest BCUT2D eigenvalue weighted by Crippen LogP contribution is 2.14. The van der Waals surface area contributed by atoms with Gasteiger partial charge in [-0.05, 0) is 6.42 Å². The Morgan fingerprint density at radius 1 is 1.50 bits per heavy atom. The minimum absolute atomic E-state index is 0.138. The van der Waals surface area contributed by atoms with E-state index in [1.54, 1.807) is 0 Å². The zero-order valence-corrected chi connectivity index (χ0v) is 6.30. The second-order valence-electron chi connectivity index (χ2n) is 2.48. The molecule has 0 aromatic rings. The normalized spacial score (nSPS) is 20.5. The fourth-order valence-electron chi connectivity index (χ4n) is 0.767. The van der Waals surface area contributed by atoms with Gasteiger partial charge in [-0.25, -0.2) is 0 Å². The molecule has 0 saturated carbocycles. The van der Waals surface area contributed by atoms with Gasteiger partial charge in [-0.3, -0.25) is 4.55 Å². The number of hydrogen-bond acceptors (Lipinski definition) is 3. The lowest BCUT2D eigenvalue weighted by Crippen LogP contribution is -2.29. The van der Waals surface area contributed by atoms with Crippen molar-refractivity contribution in [3.05, 3.63) is 0 Å². The zero-order chi connectivity index (χ0) is 7.61. The van der Waals surface area contributed by atoms with Gasteiger partial charge in [-0.1, -0.05) is 0 Å². The van der Waals surface area contributed by atoms with Crippen molar-refractivity contribution in [3.8, 4) is 0 Å². The van der Waals surface area contributed by atoms with Crippen LogP contribution in [-0.4, -0.2) is 31.9 Å². The Morgan fingerprint density at radius 2 is 2.10 bits per heavy atom. The lowest BCUT2D eigenvalue weighted by molar-refractivity contribution is -0.0328. The van der Waals surface area contributed by atoms with Crippen LogP contribution in [0.1, 0.15) is 6.42 Å². The van der Waals surface area contributed by atoms with E-state index in [4.69, 9.17) is 9.29 Å². The third-order valence-electron chi connectivity index (χ3n) is 1.49. The van der Waals surface area contributed by atoms with Crippen LogP contribution in [0.4, 0.5) is 0 Å². The van der Waals surface area contributed by atoms with Crippen LogP contribution in [0.2, 0.25) is 0 Å². The van der Waals surface area contributed by atoms with Crippen molar-refractivity contribution in [1.29, 1.82) is 0 Å².